The number of carbonyl (C=O) groups excluding carboxylic acids is 6. The highest BCUT2D eigenvalue weighted by atomic mass is 28.4. The Morgan fingerprint density at radius 1 is 0.356 bits per heavy atom. The van der Waals surface area contributed by atoms with Gasteiger partial charge in [-0.1, -0.05) is 39.5 Å². The van der Waals surface area contributed by atoms with E-state index in [0.717, 1.165) is 0 Å². The Hall–Kier alpha value is -4.35. The van der Waals surface area contributed by atoms with Gasteiger partial charge in [0, 0.05) is 33.4 Å². The summed E-state index contributed by atoms with van der Waals surface area (Å²) < 4.78 is 39.2. The van der Waals surface area contributed by atoms with Crippen LogP contribution < -0.4 is 0 Å². The third kappa shape index (κ3) is 14.8. The first-order valence-electron chi connectivity index (χ1n) is 13.3. The quantitative estimate of drug-likeness (QED) is 0.0806. The van der Waals surface area contributed by atoms with Gasteiger partial charge in [0.15, 0.2) is 0 Å². The van der Waals surface area contributed by atoms with Gasteiger partial charge < -0.3 is 32.5 Å². The van der Waals surface area contributed by atoms with E-state index < -0.39 is 89.8 Å². The molecule has 45 heavy (non-hydrogen) atoms. The third-order valence-electron chi connectivity index (χ3n) is 5.32. The fourth-order valence-corrected chi connectivity index (χ4v) is 10.8. The molecule has 0 heterocycles. The Morgan fingerprint density at radius 3 is 0.600 bits per heavy atom. The van der Waals surface area contributed by atoms with Crippen LogP contribution in [-0.4, -0.2) is 89.8 Å². The molecule has 0 bridgehead atoms. The lowest BCUT2D eigenvalue weighted by Crippen LogP contribution is -2.67. The van der Waals surface area contributed by atoms with Crippen LogP contribution in [0.4, 0.5) is 0 Å². The van der Waals surface area contributed by atoms with Gasteiger partial charge in [0.1, 0.15) is 37.4 Å². The minimum absolute atomic E-state index is 0.0143. The summed E-state index contributed by atoms with van der Waals surface area (Å²) >= 11 is 0. The molecule has 15 heteroatoms. The van der Waals surface area contributed by atoms with Crippen molar-refractivity contribution in [2.75, 3.05) is 37.4 Å². The van der Waals surface area contributed by atoms with Crippen molar-refractivity contribution in [3.63, 3.8) is 0 Å². The van der Waals surface area contributed by atoms with Crippen LogP contribution in [0.2, 0.25) is 0 Å². The molecule has 0 radical (unpaired) electrons. The van der Waals surface area contributed by atoms with Crippen molar-refractivity contribution in [3.8, 4) is 0 Å². The lowest BCUT2D eigenvalue weighted by atomic mass is 10.4. The normalized spacial score (nSPS) is 10.8. The Bertz CT molecular complexity index is 1030. The van der Waals surface area contributed by atoms with Crippen LogP contribution in [0.3, 0.4) is 0 Å². The highest BCUT2D eigenvalue weighted by molar-refractivity contribution is 6.87. The summed E-state index contributed by atoms with van der Waals surface area (Å²) in [5.41, 5.74) is 0.0857. The van der Waals surface area contributed by atoms with Crippen LogP contribution in [0.1, 0.15) is 41.5 Å². The average molecular weight is 667 g/mol. The van der Waals surface area contributed by atoms with Gasteiger partial charge in [-0.25, -0.2) is 28.8 Å². The number of rotatable bonds is 20. The number of hydrogen-bond donors (Lipinski definition) is 0. The molecule has 0 fully saturated rings. The molecule has 0 N–H and O–H groups in total. The fraction of sp³-hybridized carbons (Fsp3) is 0.400. The molecule has 248 valence electrons. The van der Waals surface area contributed by atoms with Gasteiger partial charge in [-0.15, -0.1) is 0 Å². The molecule has 0 aliphatic heterocycles. The van der Waals surface area contributed by atoms with Crippen molar-refractivity contribution < 1.29 is 61.3 Å². The van der Waals surface area contributed by atoms with Crippen molar-refractivity contribution >= 4 is 52.5 Å². The molecule has 0 aromatic carbocycles. The summed E-state index contributed by atoms with van der Waals surface area (Å²) in [6.07, 6.45) is -3.60. The number of ether oxygens (including phenoxy) is 6. The zero-order valence-corrected chi connectivity index (χ0v) is 28.8. The smallest absolute Gasteiger partial charge is 0.332 e. The van der Waals surface area contributed by atoms with Crippen LogP contribution in [0, 0.1) is 0 Å². The van der Waals surface area contributed by atoms with E-state index in [2.05, 4.69) is 39.5 Å². The SMILES string of the molecule is C=C(C)C(=O)OC[Si](COC(=O)C(=C)C)(COC(=O)C(=C)C)O[Si](COC(=O)C(=C)C)(COC(=O)C(=C)C)COC(=O)C(=C)C. The molecule has 0 rings (SSSR count). The van der Waals surface area contributed by atoms with Gasteiger partial charge in [0.05, 0.1) is 0 Å². The second kappa shape index (κ2) is 18.5. The van der Waals surface area contributed by atoms with Crippen molar-refractivity contribution in [3.05, 3.63) is 72.9 Å². The Kier molecular flexibility index (Phi) is 16.7. The number of carbonyl (C=O) groups is 6. The lowest BCUT2D eigenvalue weighted by molar-refractivity contribution is -0.140. The van der Waals surface area contributed by atoms with E-state index in [1.165, 1.54) is 41.5 Å². The highest BCUT2D eigenvalue weighted by Gasteiger charge is 2.52. The monoisotopic (exact) mass is 666 g/mol. The molecule has 0 saturated heterocycles. The topological polar surface area (TPSA) is 167 Å². The molecule has 0 aliphatic carbocycles. The second-order valence-electron chi connectivity index (χ2n) is 10.6. The predicted molar refractivity (Wildman–Crippen MR) is 167 cm³/mol. The van der Waals surface area contributed by atoms with Crippen LogP contribution in [-0.2, 0) is 61.3 Å². The number of esters is 6. The van der Waals surface area contributed by atoms with Crippen molar-refractivity contribution in [2.45, 2.75) is 41.5 Å². The molecule has 0 aromatic heterocycles. The standard InChI is InChI=1S/C30H42O13Si2/c1-19(2)25(31)37-13-44(14-38-26(32)20(3)4,15-39-27(33)21(5)6)43-45(16-40-28(34)22(7)8,17-41-29(35)23(9)10)18-42-30(36)24(11)12/h1,3,5,7,9,11,13-18H2,2,4,6,8,10,12H3. The van der Waals surface area contributed by atoms with Gasteiger partial charge in [-0.3, -0.25) is 0 Å². The van der Waals surface area contributed by atoms with E-state index in [-0.39, 0.29) is 33.4 Å². The highest BCUT2D eigenvalue weighted by Crippen LogP contribution is 2.22. The molecule has 0 amide bonds. The van der Waals surface area contributed by atoms with Gasteiger partial charge in [-0.2, -0.15) is 0 Å². The lowest BCUT2D eigenvalue weighted by Gasteiger charge is -2.39. The maximum absolute atomic E-state index is 12.5. The van der Waals surface area contributed by atoms with E-state index in [1.807, 2.05) is 0 Å². The van der Waals surface area contributed by atoms with Crippen LogP contribution in [0.25, 0.3) is 0 Å². The maximum atomic E-state index is 12.5. The van der Waals surface area contributed by atoms with E-state index in [1.54, 1.807) is 0 Å². The molecule has 0 aliphatic rings. The summed E-state index contributed by atoms with van der Waals surface area (Å²) in [5, 5.41) is 0. The predicted octanol–water partition coefficient (Wildman–Crippen LogP) is 2.85. The molecular formula is C30H42O13Si2. The molecular weight excluding hydrogens is 624 g/mol. The maximum Gasteiger partial charge on any atom is 0.332 e. The first-order chi connectivity index (χ1) is 20.7. The molecule has 0 unspecified atom stereocenters. The van der Waals surface area contributed by atoms with E-state index in [4.69, 9.17) is 32.5 Å². The van der Waals surface area contributed by atoms with Crippen LogP contribution in [0.15, 0.2) is 72.9 Å². The van der Waals surface area contributed by atoms with Crippen LogP contribution in [0.5, 0.6) is 0 Å². The Balaban J connectivity index is 7.31. The van der Waals surface area contributed by atoms with Gasteiger partial charge >= 0.3 is 35.8 Å². The number of hydrogen-bond acceptors (Lipinski definition) is 13. The summed E-state index contributed by atoms with van der Waals surface area (Å²) in [6, 6.07) is 0. The largest absolute Gasteiger partial charge is 0.463 e. The van der Waals surface area contributed by atoms with E-state index in [9.17, 15) is 28.8 Å². The van der Waals surface area contributed by atoms with Crippen LogP contribution >= 0.6 is 0 Å². The zero-order valence-electron chi connectivity index (χ0n) is 26.8. The first-order valence-corrected chi connectivity index (χ1v) is 18.4. The molecule has 0 aromatic rings. The summed E-state index contributed by atoms with van der Waals surface area (Å²) in [7, 11) is -8.17. The molecule has 0 atom stereocenters. The minimum atomic E-state index is -4.09. The average Bonchev–Trinajstić information content (AvgIpc) is 2.96. The van der Waals surface area contributed by atoms with Gasteiger partial charge in [-0.05, 0) is 41.5 Å². The van der Waals surface area contributed by atoms with Crippen molar-refractivity contribution in [2.24, 2.45) is 0 Å². The molecule has 0 saturated carbocycles. The van der Waals surface area contributed by atoms with Gasteiger partial charge in [0.2, 0.25) is 0 Å². The minimum Gasteiger partial charge on any atom is -0.463 e. The molecule has 13 nitrogen and oxygen atoms in total. The second-order valence-corrected chi connectivity index (χ2v) is 17.9. The zero-order chi connectivity index (χ0) is 35.1. The van der Waals surface area contributed by atoms with Crippen molar-refractivity contribution in [1.82, 2.24) is 0 Å². The summed E-state index contributed by atoms with van der Waals surface area (Å²) in [4.78, 5) is 75.0. The van der Waals surface area contributed by atoms with E-state index in [0.29, 0.717) is 0 Å². The Labute approximate surface area is 265 Å². The molecule has 0 spiro atoms. The fourth-order valence-electron chi connectivity index (χ4n) is 2.81. The van der Waals surface area contributed by atoms with Crippen molar-refractivity contribution in [1.29, 1.82) is 0 Å². The van der Waals surface area contributed by atoms with Gasteiger partial charge in [0.25, 0.3) is 16.6 Å². The summed E-state index contributed by atoms with van der Waals surface area (Å²) in [6.45, 7) is 29.6. The first kappa shape index (κ1) is 40.7. The van der Waals surface area contributed by atoms with E-state index >= 15 is 0 Å². The third-order valence-corrected chi connectivity index (χ3v) is 12.8. The summed E-state index contributed by atoms with van der Waals surface area (Å²) in [5.74, 6) is -5.10. The Morgan fingerprint density at radius 2 is 0.489 bits per heavy atom.